The third kappa shape index (κ3) is 5.36. The first kappa shape index (κ1) is 21.8. The third-order valence-corrected chi connectivity index (χ3v) is 5.80. The normalized spacial score (nSPS) is 21.8. The van der Waals surface area contributed by atoms with Gasteiger partial charge in [0, 0.05) is 36.3 Å². The summed E-state index contributed by atoms with van der Waals surface area (Å²) in [4.78, 5) is 28.0. The molecule has 1 saturated heterocycles. The van der Waals surface area contributed by atoms with E-state index in [9.17, 15) is 23.5 Å². The van der Waals surface area contributed by atoms with Crippen molar-refractivity contribution in [2.75, 3.05) is 19.8 Å². The molecule has 1 aliphatic carbocycles. The van der Waals surface area contributed by atoms with E-state index in [4.69, 9.17) is 11.6 Å². The van der Waals surface area contributed by atoms with Gasteiger partial charge in [-0.15, -0.1) is 0 Å². The molecule has 6 nitrogen and oxygen atoms in total. The molecular formula is C20H26ClF2N3O3. The van der Waals surface area contributed by atoms with Crippen LogP contribution in [0.5, 0.6) is 0 Å². The van der Waals surface area contributed by atoms with Crippen molar-refractivity contribution in [3.05, 3.63) is 34.1 Å². The van der Waals surface area contributed by atoms with Crippen molar-refractivity contribution in [2.45, 2.75) is 57.3 Å². The summed E-state index contributed by atoms with van der Waals surface area (Å²) < 4.78 is 26.7. The van der Waals surface area contributed by atoms with Gasteiger partial charge in [-0.05, 0) is 43.9 Å². The number of carbonyl (C=O) groups excluding carboxylic acids is 2. The highest BCUT2D eigenvalue weighted by atomic mass is 35.5. The van der Waals surface area contributed by atoms with Gasteiger partial charge >= 0.3 is 6.03 Å². The van der Waals surface area contributed by atoms with Crippen molar-refractivity contribution in [1.82, 2.24) is 15.1 Å². The highest BCUT2D eigenvalue weighted by Gasteiger charge is 2.41. The van der Waals surface area contributed by atoms with Gasteiger partial charge < -0.3 is 20.2 Å². The van der Waals surface area contributed by atoms with Crippen molar-refractivity contribution in [3.63, 3.8) is 0 Å². The number of alkyl halides is 1. The number of rotatable bonds is 6. The van der Waals surface area contributed by atoms with Crippen LogP contribution in [0.3, 0.4) is 0 Å². The first-order valence-electron chi connectivity index (χ1n) is 9.82. The highest BCUT2D eigenvalue weighted by Crippen LogP contribution is 2.32. The lowest BCUT2D eigenvalue weighted by atomic mass is 10.0. The van der Waals surface area contributed by atoms with Gasteiger partial charge in [-0.25, -0.2) is 9.18 Å². The zero-order valence-corrected chi connectivity index (χ0v) is 17.1. The standard InChI is InChI=1S/C20H26ClF2N3O3/c1-12-6-13(18(23)8-17(12)21)9-24-20(29)26(14-2-3-14)15-7-16(27)11-25(10-15)19(28)4-5-22/h6,8,14-16,27H,2-5,7,9-11H2,1H3,(H,24,29)/t15-,16+/m1/s1. The van der Waals surface area contributed by atoms with Crippen LogP contribution in [0.15, 0.2) is 12.1 Å². The van der Waals surface area contributed by atoms with Gasteiger partial charge in [0.1, 0.15) is 5.82 Å². The van der Waals surface area contributed by atoms with E-state index in [-0.39, 0.29) is 50.1 Å². The number of aliphatic hydroxyl groups is 1. The minimum Gasteiger partial charge on any atom is -0.391 e. The Morgan fingerprint density at radius 1 is 1.31 bits per heavy atom. The van der Waals surface area contributed by atoms with Crippen molar-refractivity contribution in [1.29, 1.82) is 0 Å². The van der Waals surface area contributed by atoms with E-state index in [1.807, 2.05) is 0 Å². The topological polar surface area (TPSA) is 72.9 Å². The van der Waals surface area contributed by atoms with E-state index in [2.05, 4.69) is 5.32 Å². The molecule has 1 aromatic carbocycles. The molecule has 3 rings (SSSR count). The summed E-state index contributed by atoms with van der Waals surface area (Å²) in [6, 6.07) is 2.12. The van der Waals surface area contributed by atoms with Crippen LogP contribution in [-0.2, 0) is 11.3 Å². The Morgan fingerprint density at radius 2 is 2.03 bits per heavy atom. The second kappa shape index (κ2) is 9.26. The number of halogens is 3. The van der Waals surface area contributed by atoms with Crippen LogP contribution in [0.2, 0.25) is 5.02 Å². The summed E-state index contributed by atoms with van der Waals surface area (Å²) in [6.07, 6.45) is 1.02. The lowest BCUT2D eigenvalue weighted by Crippen LogP contribution is -2.58. The van der Waals surface area contributed by atoms with E-state index in [1.165, 1.54) is 11.0 Å². The fourth-order valence-corrected chi connectivity index (χ4v) is 3.94. The summed E-state index contributed by atoms with van der Waals surface area (Å²) in [5.74, 6) is -0.860. The van der Waals surface area contributed by atoms with Crippen LogP contribution < -0.4 is 5.32 Å². The maximum atomic E-state index is 14.1. The number of piperidine rings is 1. The number of amides is 3. The molecule has 160 valence electrons. The second-order valence-corrected chi connectivity index (χ2v) is 8.18. The maximum Gasteiger partial charge on any atom is 0.318 e. The molecule has 2 fully saturated rings. The molecule has 1 heterocycles. The maximum absolute atomic E-state index is 14.1. The minimum absolute atomic E-state index is 0.00562. The summed E-state index contributed by atoms with van der Waals surface area (Å²) in [6.45, 7) is 1.41. The monoisotopic (exact) mass is 429 g/mol. The van der Waals surface area contributed by atoms with E-state index in [1.54, 1.807) is 17.9 Å². The minimum atomic E-state index is -0.775. The average Bonchev–Trinajstić information content (AvgIpc) is 3.48. The van der Waals surface area contributed by atoms with Crippen LogP contribution in [0.4, 0.5) is 13.6 Å². The number of aryl methyl sites for hydroxylation is 1. The quantitative estimate of drug-likeness (QED) is 0.730. The van der Waals surface area contributed by atoms with E-state index in [0.29, 0.717) is 22.6 Å². The lowest BCUT2D eigenvalue weighted by molar-refractivity contribution is -0.136. The van der Waals surface area contributed by atoms with Gasteiger partial charge in [0.25, 0.3) is 0 Å². The van der Waals surface area contributed by atoms with Crippen LogP contribution in [0.1, 0.15) is 36.8 Å². The Balaban J connectivity index is 1.68. The summed E-state index contributed by atoms with van der Waals surface area (Å²) in [7, 11) is 0. The number of benzene rings is 1. The zero-order valence-electron chi connectivity index (χ0n) is 16.3. The largest absolute Gasteiger partial charge is 0.391 e. The summed E-state index contributed by atoms with van der Waals surface area (Å²) in [5.41, 5.74) is 1.05. The number of hydrogen-bond donors (Lipinski definition) is 2. The lowest BCUT2D eigenvalue weighted by Gasteiger charge is -2.41. The van der Waals surface area contributed by atoms with E-state index in [0.717, 1.165) is 12.8 Å². The second-order valence-electron chi connectivity index (χ2n) is 7.77. The van der Waals surface area contributed by atoms with Crippen LogP contribution >= 0.6 is 11.6 Å². The molecule has 0 aromatic heterocycles. The van der Waals surface area contributed by atoms with Crippen LogP contribution in [-0.4, -0.2) is 64.8 Å². The number of likely N-dealkylation sites (tertiary alicyclic amines) is 1. The molecule has 29 heavy (non-hydrogen) atoms. The third-order valence-electron chi connectivity index (χ3n) is 5.39. The molecule has 1 aromatic rings. The predicted molar refractivity (Wildman–Crippen MR) is 105 cm³/mol. The first-order valence-corrected chi connectivity index (χ1v) is 10.2. The van der Waals surface area contributed by atoms with Crippen LogP contribution in [0.25, 0.3) is 0 Å². The molecule has 2 N–H and O–H groups in total. The van der Waals surface area contributed by atoms with E-state index < -0.39 is 18.6 Å². The number of hydrogen-bond acceptors (Lipinski definition) is 3. The Hall–Kier alpha value is -1.93. The van der Waals surface area contributed by atoms with Crippen molar-refractivity contribution in [2.24, 2.45) is 0 Å². The summed E-state index contributed by atoms with van der Waals surface area (Å²) in [5, 5.41) is 13.3. The fourth-order valence-electron chi connectivity index (χ4n) is 3.79. The SMILES string of the molecule is Cc1cc(CNC(=O)N(C2CC2)[C@@H]2C[C@H](O)CN(C(=O)CCF)C2)c(F)cc1Cl. The Kier molecular flexibility index (Phi) is 6.95. The van der Waals surface area contributed by atoms with E-state index >= 15 is 0 Å². The first-order chi connectivity index (χ1) is 13.8. The molecule has 2 aliphatic rings. The number of aliphatic hydroxyl groups excluding tert-OH is 1. The smallest absolute Gasteiger partial charge is 0.318 e. The Bertz CT molecular complexity index is 776. The molecule has 1 aliphatic heterocycles. The predicted octanol–water partition coefficient (Wildman–Crippen LogP) is 2.78. The molecule has 3 amide bonds. The number of nitrogens with one attached hydrogen (secondary N) is 1. The highest BCUT2D eigenvalue weighted by molar-refractivity contribution is 6.31. The van der Waals surface area contributed by atoms with Gasteiger partial charge in [-0.1, -0.05) is 11.6 Å². The molecule has 0 bridgehead atoms. The molecule has 2 atom stereocenters. The number of β-amino-alcohol motifs (C(OH)–C–C–N with tert-alkyl or cyclic N) is 1. The van der Waals surface area contributed by atoms with Crippen molar-refractivity contribution < 1.29 is 23.5 Å². The number of nitrogens with zero attached hydrogens (tertiary/aromatic N) is 2. The van der Waals surface area contributed by atoms with Gasteiger partial charge in [-0.3, -0.25) is 9.18 Å². The molecule has 1 saturated carbocycles. The molecular weight excluding hydrogens is 404 g/mol. The molecule has 0 unspecified atom stereocenters. The average molecular weight is 430 g/mol. The molecule has 0 spiro atoms. The fraction of sp³-hybridized carbons (Fsp3) is 0.600. The van der Waals surface area contributed by atoms with Crippen molar-refractivity contribution in [3.8, 4) is 0 Å². The number of carbonyl (C=O) groups is 2. The van der Waals surface area contributed by atoms with Gasteiger partial charge in [0.05, 0.1) is 25.2 Å². The number of urea groups is 1. The Labute approximate surface area is 173 Å². The van der Waals surface area contributed by atoms with Gasteiger partial charge in [0.2, 0.25) is 5.91 Å². The zero-order chi connectivity index (χ0) is 21.1. The van der Waals surface area contributed by atoms with Crippen molar-refractivity contribution >= 4 is 23.5 Å². The van der Waals surface area contributed by atoms with Gasteiger partial charge in [-0.2, -0.15) is 0 Å². The summed E-state index contributed by atoms with van der Waals surface area (Å²) >= 11 is 5.91. The molecule has 9 heteroatoms. The molecule has 0 radical (unpaired) electrons. The Morgan fingerprint density at radius 3 is 2.69 bits per heavy atom. The van der Waals surface area contributed by atoms with Crippen LogP contribution in [0, 0.1) is 12.7 Å². The van der Waals surface area contributed by atoms with Gasteiger partial charge in [0.15, 0.2) is 0 Å².